The van der Waals surface area contributed by atoms with Crippen molar-refractivity contribution in [1.29, 1.82) is 0 Å². The zero-order valence-corrected chi connectivity index (χ0v) is 16.6. The van der Waals surface area contributed by atoms with Crippen molar-refractivity contribution in [3.8, 4) is 11.1 Å². The van der Waals surface area contributed by atoms with Crippen molar-refractivity contribution in [2.45, 2.75) is 40.0 Å². The summed E-state index contributed by atoms with van der Waals surface area (Å²) in [6.45, 7) is 6.79. The SMILES string of the molecule is Cc1ccc(-c2cc3c(cc2C)CC(C)(CCc2ccccc2)C=C3)cc1. The van der Waals surface area contributed by atoms with Crippen LogP contribution in [0.25, 0.3) is 17.2 Å². The summed E-state index contributed by atoms with van der Waals surface area (Å²) in [5.74, 6) is 0. The van der Waals surface area contributed by atoms with E-state index in [-0.39, 0.29) is 5.41 Å². The predicted octanol–water partition coefficient (Wildman–Crippen LogP) is 7.18. The van der Waals surface area contributed by atoms with Crippen LogP contribution in [0.15, 0.2) is 72.8 Å². The van der Waals surface area contributed by atoms with Gasteiger partial charge in [0.05, 0.1) is 0 Å². The first kappa shape index (κ1) is 17.8. The second kappa shape index (κ2) is 7.19. The molecule has 27 heavy (non-hydrogen) atoms. The van der Waals surface area contributed by atoms with Gasteiger partial charge in [0.1, 0.15) is 0 Å². The van der Waals surface area contributed by atoms with Gasteiger partial charge in [0.2, 0.25) is 0 Å². The zero-order chi connectivity index (χ0) is 18.9. The van der Waals surface area contributed by atoms with E-state index >= 15 is 0 Å². The van der Waals surface area contributed by atoms with Crippen LogP contribution in [0, 0.1) is 19.3 Å². The van der Waals surface area contributed by atoms with E-state index in [1.807, 2.05) is 0 Å². The summed E-state index contributed by atoms with van der Waals surface area (Å²) >= 11 is 0. The van der Waals surface area contributed by atoms with Crippen molar-refractivity contribution in [3.63, 3.8) is 0 Å². The molecule has 0 heteroatoms. The van der Waals surface area contributed by atoms with E-state index in [2.05, 4.69) is 99.7 Å². The second-order valence-electron chi connectivity index (χ2n) is 8.38. The van der Waals surface area contributed by atoms with Crippen molar-refractivity contribution in [1.82, 2.24) is 0 Å². The van der Waals surface area contributed by atoms with E-state index in [0.717, 1.165) is 12.8 Å². The lowest BCUT2D eigenvalue weighted by molar-refractivity contribution is 0.387. The van der Waals surface area contributed by atoms with Gasteiger partial charge in [0, 0.05) is 0 Å². The van der Waals surface area contributed by atoms with Gasteiger partial charge in [-0.05, 0) is 78.0 Å². The van der Waals surface area contributed by atoms with E-state index in [1.54, 1.807) is 0 Å². The van der Waals surface area contributed by atoms with E-state index in [0.29, 0.717) is 0 Å². The van der Waals surface area contributed by atoms with Crippen molar-refractivity contribution in [3.05, 3.63) is 101 Å². The minimum atomic E-state index is 0.237. The summed E-state index contributed by atoms with van der Waals surface area (Å²) in [6, 6.07) is 24.5. The molecule has 3 aromatic carbocycles. The van der Waals surface area contributed by atoms with E-state index < -0.39 is 0 Å². The molecule has 0 saturated heterocycles. The van der Waals surface area contributed by atoms with Gasteiger partial charge >= 0.3 is 0 Å². The minimum Gasteiger partial charge on any atom is -0.0776 e. The third-order valence-corrected chi connectivity index (χ3v) is 5.94. The molecule has 0 bridgehead atoms. The van der Waals surface area contributed by atoms with Gasteiger partial charge < -0.3 is 0 Å². The van der Waals surface area contributed by atoms with Crippen LogP contribution in [-0.2, 0) is 12.8 Å². The molecule has 0 saturated carbocycles. The minimum absolute atomic E-state index is 0.237. The Morgan fingerprint density at radius 1 is 0.889 bits per heavy atom. The quantitative estimate of drug-likeness (QED) is 0.466. The Hall–Kier alpha value is -2.60. The van der Waals surface area contributed by atoms with Crippen molar-refractivity contribution in [2.24, 2.45) is 5.41 Å². The Kier molecular flexibility index (Phi) is 4.74. The molecule has 0 heterocycles. The monoisotopic (exact) mass is 352 g/mol. The van der Waals surface area contributed by atoms with Gasteiger partial charge in [-0.2, -0.15) is 0 Å². The molecule has 0 aliphatic heterocycles. The van der Waals surface area contributed by atoms with Gasteiger partial charge in [-0.1, -0.05) is 85.3 Å². The van der Waals surface area contributed by atoms with Crippen LogP contribution in [0.2, 0.25) is 0 Å². The zero-order valence-electron chi connectivity index (χ0n) is 16.6. The number of rotatable bonds is 4. The van der Waals surface area contributed by atoms with Gasteiger partial charge in [-0.15, -0.1) is 0 Å². The maximum Gasteiger partial charge on any atom is -0.00995 e. The number of hydrogen-bond acceptors (Lipinski definition) is 0. The highest BCUT2D eigenvalue weighted by Crippen LogP contribution is 2.38. The number of benzene rings is 3. The van der Waals surface area contributed by atoms with Crippen molar-refractivity contribution in [2.75, 3.05) is 0 Å². The van der Waals surface area contributed by atoms with Gasteiger partial charge in [0.25, 0.3) is 0 Å². The first-order chi connectivity index (χ1) is 13.0. The standard InChI is InChI=1S/C27H28/c1-20-9-11-23(12-10-20)26-18-24-14-16-27(3,19-25(24)17-21(26)2)15-13-22-7-5-4-6-8-22/h4-12,14,16-18H,13,15,19H2,1-3H3. The van der Waals surface area contributed by atoms with Crippen molar-refractivity contribution < 1.29 is 0 Å². The van der Waals surface area contributed by atoms with Crippen LogP contribution in [0.1, 0.15) is 41.2 Å². The number of fused-ring (bicyclic) bond motifs is 1. The summed E-state index contributed by atoms with van der Waals surface area (Å²) in [5.41, 5.74) is 9.89. The van der Waals surface area contributed by atoms with Crippen LogP contribution in [-0.4, -0.2) is 0 Å². The molecule has 0 fully saturated rings. The maximum atomic E-state index is 2.44. The number of hydrogen-bond donors (Lipinski definition) is 0. The van der Waals surface area contributed by atoms with E-state index in [1.165, 1.54) is 45.4 Å². The Bertz CT molecular complexity index is 961. The third-order valence-electron chi connectivity index (χ3n) is 5.94. The summed E-state index contributed by atoms with van der Waals surface area (Å²) in [7, 11) is 0. The Labute approximate surface area is 163 Å². The largest absolute Gasteiger partial charge is 0.0776 e. The van der Waals surface area contributed by atoms with Crippen LogP contribution >= 0.6 is 0 Å². The molecule has 3 aromatic rings. The molecule has 0 radical (unpaired) electrons. The highest BCUT2D eigenvalue weighted by molar-refractivity contribution is 5.73. The van der Waals surface area contributed by atoms with Crippen LogP contribution in [0.3, 0.4) is 0 Å². The molecule has 0 nitrogen and oxygen atoms in total. The molecular formula is C27H28. The van der Waals surface area contributed by atoms with E-state index in [4.69, 9.17) is 0 Å². The number of aryl methyl sites for hydroxylation is 3. The molecule has 0 spiro atoms. The fraction of sp³-hybridized carbons (Fsp3) is 0.259. The molecule has 4 rings (SSSR count). The third kappa shape index (κ3) is 3.90. The summed E-state index contributed by atoms with van der Waals surface area (Å²) < 4.78 is 0. The first-order valence-corrected chi connectivity index (χ1v) is 9.96. The summed E-state index contributed by atoms with van der Waals surface area (Å²) in [4.78, 5) is 0. The fourth-order valence-corrected chi connectivity index (χ4v) is 4.17. The van der Waals surface area contributed by atoms with Crippen LogP contribution in [0.5, 0.6) is 0 Å². The average Bonchev–Trinajstić information content (AvgIpc) is 2.68. The topological polar surface area (TPSA) is 0 Å². The Balaban J connectivity index is 1.57. The van der Waals surface area contributed by atoms with Gasteiger partial charge in [-0.25, -0.2) is 0 Å². The smallest absolute Gasteiger partial charge is 0.00995 e. The van der Waals surface area contributed by atoms with Crippen molar-refractivity contribution >= 4 is 6.08 Å². The second-order valence-corrected chi connectivity index (χ2v) is 8.38. The van der Waals surface area contributed by atoms with Crippen LogP contribution < -0.4 is 0 Å². The molecule has 1 unspecified atom stereocenters. The summed E-state index contributed by atoms with van der Waals surface area (Å²) in [5, 5.41) is 0. The van der Waals surface area contributed by atoms with Gasteiger partial charge in [0.15, 0.2) is 0 Å². The highest BCUT2D eigenvalue weighted by atomic mass is 14.3. The normalized spacial score (nSPS) is 18.3. The first-order valence-electron chi connectivity index (χ1n) is 9.96. The average molecular weight is 353 g/mol. The van der Waals surface area contributed by atoms with E-state index in [9.17, 15) is 0 Å². The Morgan fingerprint density at radius 2 is 1.63 bits per heavy atom. The molecule has 1 aliphatic rings. The molecule has 0 aromatic heterocycles. The maximum absolute atomic E-state index is 2.44. The lowest BCUT2D eigenvalue weighted by Gasteiger charge is -2.31. The lowest BCUT2D eigenvalue weighted by Crippen LogP contribution is -2.21. The predicted molar refractivity (Wildman–Crippen MR) is 117 cm³/mol. The molecule has 1 atom stereocenters. The Morgan fingerprint density at radius 3 is 2.37 bits per heavy atom. The van der Waals surface area contributed by atoms with Gasteiger partial charge in [-0.3, -0.25) is 0 Å². The molecule has 0 amide bonds. The molecular weight excluding hydrogens is 324 g/mol. The lowest BCUT2D eigenvalue weighted by atomic mass is 9.73. The summed E-state index contributed by atoms with van der Waals surface area (Å²) in [6.07, 6.45) is 8.23. The molecule has 0 N–H and O–H groups in total. The molecule has 1 aliphatic carbocycles. The van der Waals surface area contributed by atoms with Crippen LogP contribution in [0.4, 0.5) is 0 Å². The fourth-order valence-electron chi connectivity index (χ4n) is 4.17. The number of allylic oxidation sites excluding steroid dienone is 1. The highest BCUT2D eigenvalue weighted by Gasteiger charge is 2.26. The molecule has 136 valence electrons.